The molecule has 1 aromatic carbocycles. The van der Waals surface area contributed by atoms with Gasteiger partial charge in [0.15, 0.2) is 0 Å². The van der Waals surface area contributed by atoms with Crippen LogP contribution in [0.25, 0.3) is 11.3 Å². The summed E-state index contributed by atoms with van der Waals surface area (Å²) in [5.41, 5.74) is 2.21. The minimum Gasteiger partial charge on any atom is -0.356 e. The van der Waals surface area contributed by atoms with E-state index >= 15 is 0 Å². The maximum Gasteiger partial charge on any atom is 0.220 e. The Kier molecular flexibility index (Phi) is 11.7. The van der Waals surface area contributed by atoms with Gasteiger partial charge in [0.05, 0.1) is 10.7 Å². The molecule has 0 saturated carbocycles. The summed E-state index contributed by atoms with van der Waals surface area (Å²) in [6.45, 7) is 3.62. The van der Waals surface area contributed by atoms with E-state index < -0.39 is 0 Å². The van der Waals surface area contributed by atoms with E-state index in [1.54, 1.807) is 11.3 Å². The van der Waals surface area contributed by atoms with Crippen molar-refractivity contribution in [2.75, 3.05) is 20.1 Å². The first-order chi connectivity index (χ1) is 10.7. The van der Waals surface area contributed by atoms with Crippen molar-refractivity contribution >= 4 is 42.1 Å². The first-order valence-corrected chi connectivity index (χ1v) is 8.45. The number of amides is 1. The molecule has 1 heterocycles. The zero-order valence-electron chi connectivity index (χ0n) is 14.0. The number of thiazole rings is 1. The van der Waals surface area contributed by atoms with Gasteiger partial charge in [0.1, 0.15) is 0 Å². The van der Waals surface area contributed by atoms with Crippen molar-refractivity contribution in [3.8, 4) is 11.3 Å². The lowest BCUT2D eigenvalue weighted by Crippen LogP contribution is -2.26. The number of aromatic nitrogens is 1. The van der Waals surface area contributed by atoms with Crippen molar-refractivity contribution in [1.82, 2.24) is 15.6 Å². The molecule has 0 aliphatic rings. The molecule has 0 bridgehead atoms. The van der Waals surface area contributed by atoms with Gasteiger partial charge >= 0.3 is 0 Å². The molecule has 2 aromatic rings. The summed E-state index contributed by atoms with van der Waals surface area (Å²) >= 11 is 1.71. The number of nitrogens with one attached hydrogen (secondary N) is 2. The standard InChI is InChI=1S/C17H23N3OS.2ClH/c1-13-17(14-7-4-3-5-8-14)20-16(22-13)10-12-19-15(21)9-6-11-18-2;;/h3-5,7-8,18H,6,9-12H2,1-2H3,(H,19,21);2*1H. The Hall–Kier alpha value is -1.14. The molecule has 0 unspecified atom stereocenters. The number of hydrogen-bond donors (Lipinski definition) is 2. The molecule has 0 atom stereocenters. The van der Waals surface area contributed by atoms with Gasteiger partial charge < -0.3 is 10.6 Å². The highest BCUT2D eigenvalue weighted by Gasteiger charge is 2.09. The van der Waals surface area contributed by atoms with Crippen LogP contribution in [0.3, 0.4) is 0 Å². The molecular weight excluding hydrogens is 365 g/mol. The predicted octanol–water partition coefficient (Wildman–Crippen LogP) is 3.62. The van der Waals surface area contributed by atoms with Gasteiger partial charge in [-0.1, -0.05) is 30.3 Å². The van der Waals surface area contributed by atoms with E-state index in [4.69, 9.17) is 4.98 Å². The first-order valence-electron chi connectivity index (χ1n) is 7.63. The van der Waals surface area contributed by atoms with Crippen LogP contribution in [0, 0.1) is 6.92 Å². The average molecular weight is 390 g/mol. The van der Waals surface area contributed by atoms with Gasteiger partial charge in [0.2, 0.25) is 5.91 Å². The van der Waals surface area contributed by atoms with Crippen LogP contribution in [0.1, 0.15) is 22.7 Å². The molecule has 24 heavy (non-hydrogen) atoms. The molecule has 1 amide bonds. The summed E-state index contributed by atoms with van der Waals surface area (Å²) in [6, 6.07) is 10.2. The molecule has 0 aliphatic carbocycles. The van der Waals surface area contributed by atoms with Crippen molar-refractivity contribution in [2.45, 2.75) is 26.2 Å². The van der Waals surface area contributed by atoms with Gasteiger partial charge in [-0.05, 0) is 26.9 Å². The number of nitrogens with zero attached hydrogens (tertiary/aromatic N) is 1. The van der Waals surface area contributed by atoms with Gasteiger partial charge in [0.25, 0.3) is 0 Å². The molecule has 0 saturated heterocycles. The fourth-order valence-corrected chi connectivity index (χ4v) is 3.20. The van der Waals surface area contributed by atoms with Gasteiger partial charge in [-0.2, -0.15) is 0 Å². The third-order valence-electron chi connectivity index (χ3n) is 3.38. The minimum absolute atomic E-state index is 0. The van der Waals surface area contributed by atoms with Crippen LogP contribution in [-0.2, 0) is 11.2 Å². The Labute approximate surface area is 160 Å². The highest BCUT2D eigenvalue weighted by atomic mass is 35.5. The van der Waals surface area contributed by atoms with Crippen LogP contribution >= 0.6 is 36.2 Å². The zero-order chi connectivity index (χ0) is 15.8. The molecule has 2 rings (SSSR count). The Morgan fingerprint density at radius 3 is 2.54 bits per heavy atom. The zero-order valence-corrected chi connectivity index (χ0v) is 16.5. The van der Waals surface area contributed by atoms with Crippen molar-refractivity contribution in [3.63, 3.8) is 0 Å². The Morgan fingerprint density at radius 2 is 1.88 bits per heavy atom. The number of halogens is 2. The van der Waals surface area contributed by atoms with Crippen LogP contribution in [0.4, 0.5) is 0 Å². The summed E-state index contributed by atoms with van der Waals surface area (Å²) in [4.78, 5) is 17.6. The van der Waals surface area contributed by atoms with E-state index in [0.717, 1.165) is 35.7 Å². The molecular formula is C17H25Cl2N3OS. The second-order valence-electron chi connectivity index (χ2n) is 5.19. The number of hydrogen-bond acceptors (Lipinski definition) is 4. The number of benzene rings is 1. The van der Waals surface area contributed by atoms with Gasteiger partial charge in [-0.25, -0.2) is 4.98 Å². The largest absolute Gasteiger partial charge is 0.356 e. The summed E-state index contributed by atoms with van der Waals surface area (Å²) < 4.78 is 0. The molecule has 134 valence electrons. The van der Waals surface area contributed by atoms with E-state index in [0.29, 0.717) is 13.0 Å². The first kappa shape index (κ1) is 22.9. The number of carbonyl (C=O) groups excluding carboxylic acids is 1. The fraction of sp³-hybridized carbons (Fsp3) is 0.412. The van der Waals surface area contributed by atoms with Crippen LogP contribution in [0.15, 0.2) is 30.3 Å². The predicted molar refractivity (Wildman–Crippen MR) is 107 cm³/mol. The van der Waals surface area contributed by atoms with Crippen molar-refractivity contribution in [2.24, 2.45) is 0 Å². The lowest BCUT2D eigenvalue weighted by atomic mass is 10.1. The summed E-state index contributed by atoms with van der Waals surface area (Å²) in [6.07, 6.45) is 2.24. The third kappa shape index (κ3) is 7.18. The quantitative estimate of drug-likeness (QED) is 0.677. The van der Waals surface area contributed by atoms with E-state index in [-0.39, 0.29) is 30.7 Å². The maximum atomic E-state index is 11.6. The molecule has 0 radical (unpaired) electrons. The molecule has 0 fully saturated rings. The lowest BCUT2D eigenvalue weighted by molar-refractivity contribution is -0.121. The van der Waals surface area contributed by atoms with Gasteiger partial charge in [-0.15, -0.1) is 36.2 Å². The molecule has 0 spiro atoms. The van der Waals surface area contributed by atoms with Crippen molar-refractivity contribution in [1.29, 1.82) is 0 Å². The topological polar surface area (TPSA) is 54.0 Å². The SMILES string of the molecule is CNCCCC(=O)NCCc1nc(-c2ccccc2)c(C)s1.Cl.Cl. The molecule has 2 N–H and O–H groups in total. The number of rotatable bonds is 8. The second-order valence-corrected chi connectivity index (χ2v) is 6.47. The molecule has 7 heteroatoms. The Morgan fingerprint density at radius 1 is 1.17 bits per heavy atom. The maximum absolute atomic E-state index is 11.6. The van der Waals surface area contributed by atoms with E-state index in [1.165, 1.54) is 4.88 Å². The van der Waals surface area contributed by atoms with E-state index in [2.05, 4.69) is 29.7 Å². The Balaban J connectivity index is 0.00000264. The second kappa shape index (κ2) is 12.3. The lowest BCUT2D eigenvalue weighted by Gasteiger charge is -2.03. The van der Waals surface area contributed by atoms with Crippen molar-refractivity contribution in [3.05, 3.63) is 40.2 Å². The highest BCUT2D eigenvalue weighted by Crippen LogP contribution is 2.27. The van der Waals surface area contributed by atoms with Crippen LogP contribution in [0.5, 0.6) is 0 Å². The number of carbonyl (C=O) groups is 1. The third-order valence-corrected chi connectivity index (χ3v) is 4.41. The molecule has 4 nitrogen and oxygen atoms in total. The van der Waals surface area contributed by atoms with E-state index in [1.807, 2.05) is 25.2 Å². The summed E-state index contributed by atoms with van der Waals surface area (Å²) in [5, 5.41) is 7.08. The molecule has 1 aromatic heterocycles. The van der Waals surface area contributed by atoms with Crippen molar-refractivity contribution < 1.29 is 4.79 Å². The molecule has 0 aliphatic heterocycles. The smallest absolute Gasteiger partial charge is 0.220 e. The Bertz CT molecular complexity index is 605. The minimum atomic E-state index is 0. The average Bonchev–Trinajstić information content (AvgIpc) is 2.89. The monoisotopic (exact) mass is 389 g/mol. The van der Waals surface area contributed by atoms with E-state index in [9.17, 15) is 4.79 Å². The number of aryl methyl sites for hydroxylation is 1. The normalized spacial score (nSPS) is 9.75. The highest BCUT2D eigenvalue weighted by molar-refractivity contribution is 7.12. The van der Waals surface area contributed by atoms with Crippen LogP contribution < -0.4 is 10.6 Å². The van der Waals surface area contributed by atoms with Gasteiger partial charge in [-0.3, -0.25) is 4.79 Å². The fourth-order valence-electron chi connectivity index (χ4n) is 2.25. The summed E-state index contributed by atoms with van der Waals surface area (Å²) in [5.74, 6) is 0.117. The van der Waals surface area contributed by atoms with Crippen LogP contribution in [-0.4, -0.2) is 31.0 Å². The summed E-state index contributed by atoms with van der Waals surface area (Å²) in [7, 11) is 1.90. The van der Waals surface area contributed by atoms with Gasteiger partial charge in [0, 0.05) is 29.8 Å². The van der Waals surface area contributed by atoms with Crippen LogP contribution in [0.2, 0.25) is 0 Å².